The summed E-state index contributed by atoms with van der Waals surface area (Å²) >= 11 is 0. The number of rotatable bonds is 5. The second-order valence-electron chi connectivity index (χ2n) is 2.63. The highest BCUT2D eigenvalue weighted by atomic mass is 16.5. The van der Waals surface area contributed by atoms with Gasteiger partial charge in [0, 0.05) is 6.07 Å². The number of hydrogen-bond acceptors (Lipinski definition) is 4. The Kier molecular flexibility index (Phi) is 3.45. The van der Waals surface area contributed by atoms with Crippen LogP contribution in [0.1, 0.15) is 17.9 Å². The van der Waals surface area contributed by atoms with E-state index in [9.17, 15) is 4.79 Å². The molecule has 0 aromatic carbocycles. The molecule has 5 nitrogen and oxygen atoms in total. The van der Waals surface area contributed by atoms with E-state index in [4.69, 9.17) is 14.4 Å². The van der Waals surface area contributed by atoms with Crippen LogP contribution < -0.4 is 0 Å². The Balaban J connectivity index is 2.16. The van der Waals surface area contributed by atoms with Gasteiger partial charge >= 0.3 is 5.97 Å². The Morgan fingerprint density at radius 3 is 3.08 bits per heavy atom. The fourth-order valence-electron chi connectivity index (χ4n) is 0.817. The van der Waals surface area contributed by atoms with E-state index in [-0.39, 0.29) is 19.6 Å². The van der Waals surface area contributed by atoms with Crippen LogP contribution in [0.3, 0.4) is 0 Å². The summed E-state index contributed by atoms with van der Waals surface area (Å²) in [7, 11) is 0. The molecule has 1 rings (SSSR count). The average molecular weight is 185 g/mol. The first kappa shape index (κ1) is 9.73. The van der Waals surface area contributed by atoms with Gasteiger partial charge in [-0.3, -0.25) is 4.79 Å². The van der Waals surface area contributed by atoms with Gasteiger partial charge in [-0.1, -0.05) is 5.16 Å². The molecule has 0 atom stereocenters. The number of aliphatic carboxylic acids is 1. The SMILES string of the molecule is Cc1cc(COCCC(=O)O)on1. The number of aromatic nitrogens is 1. The van der Waals surface area contributed by atoms with Crippen molar-refractivity contribution >= 4 is 5.97 Å². The summed E-state index contributed by atoms with van der Waals surface area (Å²) in [6.07, 6.45) is 0.00706. The van der Waals surface area contributed by atoms with Crippen LogP contribution in [0, 0.1) is 6.92 Å². The van der Waals surface area contributed by atoms with Crippen LogP contribution in [0.25, 0.3) is 0 Å². The second-order valence-corrected chi connectivity index (χ2v) is 2.63. The molecule has 1 aromatic heterocycles. The van der Waals surface area contributed by atoms with E-state index in [1.165, 1.54) is 0 Å². The highest BCUT2D eigenvalue weighted by Crippen LogP contribution is 2.03. The van der Waals surface area contributed by atoms with Crippen molar-refractivity contribution in [3.63, 3.8) is 0 Å². The van der Waals surface area contributed by atoms with Gasteiger partial charge in [0.15, 0.2) is 5.76 Å². The van der Waals surface area contributed by atoms with E-state index in [2.05, 4.69) is 5.16 Å². The third kappa shape index (κ3) is 3.71. The molecule has 0 fully saturated rings. The predicted octanol–water partition coefficient (Wildman–Crippen LogP) is 0.974. The summed E-state index contributed by atoms with van der Waals surface area (Å²) in [5, 5.41) is 12.0. The maximum absolute atomic E-state index is 10.1. The molecule has 0 saturated carbocycles. The standard InChI is InChI=1S/C8H11NO4/c1-6-4-7(13-9-6)5-12-3-2-8(10)11/h4H,2-3,5H2,1H3,(H,10,11). The monoisotopic (exact) mass is 185 g/mol. The summed E-state index contributed by atoms with van der Waals surface area (Å²) in [4.78, 5) is 10.1. The van der Waals surface area contributed by atoms with Gasteiger partial charge in [-0.15, -0.1) is 0 Å². The van der Waals surface area contributed by atoms with E-state index in [0.717, 1.165) is 5.69 Å². The summed E-state index contributed by atoms with van der Waals surface area (Å²) in [6, 6.07) is 1.75. The third-order valence-electron chi connectivity index (χ3n) is 1.38. The number of ether oxygens (including phenoxy) is 1. The van der Waals surface area contributed by atoms with Gasteiger partial charge in [0.25, 0.3) is 0 Å². The molecule has 1 heterocycles. The summed E-state index contributed by atoms with van der Waals surface area (Å²) in [5.74, 6) is -0.253. The summed E-state index contributed by atoms with van der Waals surface area (Å²) < 4.78 is 9.88. The first-order chi connectivity index (χ1) is 6.18. The van der Waals surface area contributed by atoms with Gasteiger partial charge < -0.3 is 14.4 Å². The molecular formula is C8H11NO4. The van der Waals surface area contributed by atoms with Crippen LogP contribution in [-0.4, -0.2) is 22.8 Å². The normalized spacial score (nSPS) is 10.2. The minimum atomic E-state index is -0.867. The van der Waals surface area contributed by atoms with Crippen molar-refractivity contribution in [3.8, 4) is 0 Å². The number of carboxylic acids is 1. The molecule has 0 amide bonds. The quantitative estimate of drug-likeness (QED) is 0.692. The number of hydrogen-bond donors (Lipinski definition) is 1. The van der Waals surface area contributed by atoms with Crippen molar-refractivity contribution in [1.29, 1.82) is 0 Å². The maximum atomic E-state index is 10.1. The number of carbonyl (C=O) groups is 1. The van der Waals surface area contributed by atoms with Crippen LogP contribution in [0.2, 0.25) is 0 Å². The zero-order valence-electron chi connectivity index (χ0n) is 7.32. The Hall–Kier alpha value is -1.36. The Morgan fingerprint density at radius 1 is 1.77 bits per heavy atom. The fraction of sp³-hybridized carbons (Fsp3) is 0.500. The summed E-state index contributed by atoms with van der Waals surface area (Å²) in [6.45, 7) is 2.27. The van der Waals surface area contributed by atoms with Crippen LogP contribution in [0.5, 0.6) is 0 Å². The van der Waals surface area contributed by atoms with E-state index < -0.39 is 5.97 Å². The molecule has 0 aliphatic carbocycles. The highest BCUT2D eigenvalue weighted by molar-refractivity contribution is 5.66. The van der Waals surface area contributed by atoms with E-state index in [0.29, 0.717) is 5.76 Å². The minimum absolute atomic E-state index is 0.00706. The van der Waals surface area contributed by atoms with Crippen molar-refractivity contribution in [3.05, 3.63) is 17.5 Å². The van der Waals surface area contributed by atoms with E-state index in [1.807, 2.05) is 6.92 Å². The zero-order chi connectivity index (χ0) is 9.68. The Labute approximate surface area is 75.3 Å². The Morgan fingerprint density at radius 2 is 2.54 bits per heavy atom. The number of aryl methyl sites for hydroxylation is 1. The lowest BCUT2D eigenvalue weighted by molar-refractivity contribution is -0.138. The van der Waals surface area contributed by atoms with Crippen LogP contribution >= 0.6 is 0 Å². The first-order valence-corrected chi connectivity index (χ1v) is 3.90. The van der Waals surface area contributed by atoms with Crippen LogP contribution in [0.4, 0.5) is 0 Å². The van der Waals surface area contributed by atoms with Gasteiger partial charge in [-0.05, 0) is 6.92 Å². The molecule has 1 N–H and O–H groups in total. The van der Waals surface area contributed by atoms with E-state index in [1.54, 1.807) is 6.07 Å². The second kappa shape index (κ2) is 4.61. The largest absolute Gasteiger partial charge is 0.481 e. The van der Waals surface area contributed by atoms with Crippen LogP contribution in [-0.2, 0) is 16.1 Å². The lowest BCUT2D eigenvalue weighted by Gasteiger charge is -1.97. The topological polar surface area (TPSA) is 72.6 Å². The fourth-order valence-corrected chi connectivity index (χ4v) is 0.817. The zero-order valence-corrected chi connectivity index (χ0v) is 7.32. The molecule has 0 aliphatic heterocycles. The summed E-state index contributed by atoms with van der Waals surface area (Å²) in [5.41, 5.74) is 0.789. The smallest absolute Gasteiger partial charge is 0.305 e. The predicted molar refractivity (Wildman–Crippen MR) is 43.1 cm³/mol. The van der Waals surface area contributed by atoms with Crippen molar-refractivity contribution in [2.45, 2.75) is 20.0 Å². The van der Waals surface area contributed by atoms with Gasteiger partial charge in [0.1, 0.15) is 6.61 Å². The van der Waals surface area contributed by atoms with Gasteiger partial charge in [0.2, 0.25) is 0 Å². The maximum Gasteiger partial charge on any atom is 0.305 e. The molecule has 0 bridgehead atoms. The molecule has 0 radical (unpaired) electrons. The molecular weight excluding hydrogens is 174 g/mol. The molecule has 0 saturated heterocycles. The van der Waals surface area contributed by atoms with Crippen molar-refractivity contribution in [2.24, 2.45) is 0 Å². The van der Waals surface area contributed by atoms with Gasteiger partial charge in [-0.25, -0.2) is 0 Å². The lowest BCUT2D eigenvalue weighted by Crippen LogP contribution is -2.02. The lowest BCUT2D eigenvalue weighted by atomic mass is 10.4. The molecule has 0 aliphatic rings. The molecule has 72 valence electrons. The minimum Gasteiger partial charge on any atom is -0.481 e. The van der Waals surface area contributed by atoms with Crippen LogP contribution in [0.15, 0.2) is 10.6 Å². The Bertz CT molecular complexity index is 281. The highest BCUT2D eigenvalue weighted by Gasteiger charge is 2.01. The molecule has 1 aromatic rings. The van der Waals surface area contributed by atoms with Crippen molar-refractivity contribution in [1.82, 2.24) is 5.16 Å². The van der Waals surface area contributed by atoms with Gasteiger partial charge in [0.05, 0.1) is 18.7 Å². The molecule has 13 heavy (non-hydrogen) atoms. The molecule has 0 spiro atoms. The van der Waals surface area contributed by atoms with Crippen molar-refractivity contribution < 1.29 is 19.2 Å². The number of carboxylic acid groups (broad SMARTS) is 1. The average Bonchev–Trinajstić information content (AvgIpc) is 2.45. The third-order valence-corrected chi connectivity index (χ3v) is 1.38. The molecule has 0 unspecified atom stereocenters. The van der Waals surface area contributed by atoms with Gasteiger partial charge in [-0.2, -0.15) is 0 Å². The first-order valence-electron chi connectivity index (χ1n) is 3.90. The number of nitrogens with zero attached hydrogens (tertiary/aromatic N) is 1. The molecule has 5 heteroatoms. The van der Waals surface area contributed by atoms with E-state index >= 15 is 0 Å². The van der Waals surface area contributed by atoms with Crippen molar-refractivity contribution in [2.75, 3.05) is 6.61 Å².